The molecule has 1 heterocycles. The third-order valence-corrected chi connectivity index (χ3v) is 2.91. The molecule has 13 heavy (non-hydrogen) atoms. The van der Waals surface area contributed by atoms with Gasteiger partial charge in [0, 0.05) is 17.9 Å². The van der Waals surface area contributed by atoms with Gasteiger partial charge in [-0.2, -0.15) is 0 Å². The lowest BCUT2D eigenvalue weighted by Gasteiger charge is -2.31. The van der Waals surface area contributed by atoms with Crippen LogP contribution in [-0.2, 0) is 0 Å². The van der Waals surface area contributed by atoms with Gasteiger partial charge in [0.2, 0.25) is 5.95 Å². The Kier molecular flexibility index (Phi) is 3.34. The van der Waals surface area contributed by atoms with Crippen molar-refractivity contribution in [3.05, 3.63) is 12.4 Å². The van der Waals surface area contributed by atoms with E-state index in [0.29, 0.717) is 0 Å². The first-order valence-corrected chi connectivity index (χ1v) is 5.04. The lowest BCUT2D eigenvalue weighted by molar-refractivity contribution is 0.418. The van der Waals surface area contributed by atoms with Crippen LogP contribution < -0.4 is 5.32 Å². The molecule has 2 N–H and O–H groups in total. The van der Waals surface area contributed by atoms with Crippen molar-refractivity contribution < 1.29 is 0 Å². The van der Waals surface area contributed by atoms with Crippen molar-refractivity contribution in [2.45, 2.75) is 45.6 Å². The minimum Gasteiger partial charge on any atom is -0.350 e. The highest BCUT2D eigenvalue weighted by Crippen LogP contribution is 2.23. The molecule has 1 rings (SSSR count). The molecular weight excluding hydrogens is 162 g/mol. The fourth-order valence-corrected chi connectivity index (χ4v) is 1.60. The molecule has 0 amide bonds. The van der Waals surface area contributed by atoms with E-state index in [1.165, 1.54) is 0 Å². The van der Waals surface area contributed by atoms with E-state index in [4.69, 9.17) is 0 Å². The summed E-state index contributed by atoms with van der Waals surface area (Å²) in [6, 6.07) is 0. The Morgan fingerprint density at radius 1 is 1.31 bits per heavy atom. The van der Waals surface area contributed by atoms with E-state index in [9.17, 15) is 0 Å². The molecule has 0 aliphatic rings. The molecule has 0 saturated heterocycles. The summed E-state index contributed by atoms with van der Waals surface area (Å²) in [4.78, 5) is 7.25. The highest BCUT2D eigenvalue weighted by atomic mass is 15.1. The Balaban J connectivity index is 2.67. The van der Waals surface area contributed by atoms with Crippen LogP contribution in [0.25, 0.3) is 0 Å². The highest BCUT2D eigenvalue weighted by molar-refractivity contribution is 5.28. The number of H-pyrrole nitrogens is 1. The fraction of sp³-hybridized carbons (Fsp3) is 0.700. The number of aromatic amines is 1. The van der Waals surface area contributed by atoms with Crippen molar-refractivity contribution in [2.24, 2.45) is 0 Å². The SMILES string of the molecule is CCC(CC)(CC)Nc1ncc[nH]1. The van der Waals surface area contributed by atoms with Gasteiger partial charge in [-0.3, -0.25) is 0 Å². The maximum Gasteiger partial charge on any atom is 0.200 e. The van der Waals surface area contributed by atoms with Crippen molar-refractivity contribution in [3.63, 3.8) is 0 Å². The summed E-state index contributed by atoms with van der Waals surface area (Å²) in [5.74, 6) is 0.880. The largest absolute Gasteiger partial charge is 0.350 e. The van der Waals surface area contributed by atoms with Crippen LogP contribution in [0.4, 0.5) is 5.95 Å². The second-order valence-corrected chi connectivity index (χ2v) is 3.40. The number of nitrogens with one attached hydrogen (secondary N) is 2. The van der Waals surface area contributed by atoms with Crippen LogP contribution >= 0.6 is 0 Å². The maximum absolute atomic E-state index is 4.18. The van der Waals surface area contributed by atoms with Crippen LogP contribution in [0.15, 0.2) is 12.4 Å². The van der Waals surface area contributed by atoms with E-state index in [0.717, 1.165) is 25.2 Å². The highest BCUT2D eigenvalue weighted by Gasteiger charge is 2.23. The molecule has 0 radical (unpaired) electrons. The lowest BCUT2D eigenvalue weighted by atomic mass is 9.90. The Morgan fingerprint density at radius 3 is 2.31 bits per heavy atom. The first-order chi connectivity index (χ1) is 6.26. The van der Waals surface area contributed by atoms with Gasteiger partial charge in [0.15, 0.2) is 0 Å². The van der Waals surface area contributed by atoms with Crippen LogP contribution in [-0.4, -0.2) is 15.5 Å². The van der Waals surface area contributed by atoms with Crippen LogP contribution in [0.5, 0.6) is 0 Å². The van der Waals surface area contributed by atoms with Gasteiger partial charge in [-0.25, -0.2) is 4.98 Å². The van der Waals surface area contributed by atoms with E-state index >= 15 is 0 Å². The molecule has 0 atom stereocenters. The van der Waals surface area contributed by atoms with Gasteiger partial charge in [-0.15, -0.1) is 0 Å². The van der Waals surface area contributed by atoms with E-state index in [1.807, 2.05) is 6.20 Å². The molecule has 3 nitrogen and oxygen atoms in total. The van der Waals surface area contributed by atoms with Gasteiger partial charge >= 0.3 is 0 Å². The molecule has 0 spiro atoms. The van der Waals surface area contributed by atoms with Crippen molar-refractivity contribution in [3.8, 4) is 0 Å². The summed E-state index contributed by atoms with van der Waals surface area (Å²) in [6.45, 7) is 6.63. The third-order valence-electron chi connectivity index (χ3n) is 2.91. The molecule has 0 aromatic carbocycles. The zero-order valence-corrected chi connectivity index (χ0v) is 8.72. The molecule has 0 fully saturated rings. The standard InChI is InChI=1S/C10H19N3/c1-4-10(5-2,6-3)13-9-11-7-8-12-9/h7-8H,4-6H2,1-3H3,(H2,11,12,13). The first-order valence-electron chi connectivity index (χ1n) is 5.04. The third kappa shape index (κ3) is 2.23. The van der Waals surface area contributed by atoms with E-state index < -0.39 is 0 Å². The molecule has 1 aromatic heterocycles. The molecule has 0 saturated carbocycles. The minimum atomic E-state index is 0.206. The van der Waals surface area contributed by atoms with Crippen LogP contribution in [0.1, 0.15) is 40.0 Å². The minimum absolute atomic E-state index is 0.206. The van der Waals surface area contributed by atoms with Crippen LogP contribution in [0, 0.1) is 0 Å². The lowest BCUT2D eigenvalue weighted by Crippen LogP contribution is -2.36. The summed E-state index contributed by atoms with van der Waals surface area (Å²) in [7, 11) is 0. The van der Waals surface area contributed by atoms with Crippen molar-refractivity contribution in [1.82, 2.24) is 9.97 Å². The Bertz CT molecular complexity index is 216. The number of rotatable bonds is 5. The second kappa shape index (κ2) is 4.30. The maximum atomic E-state index is 4.18. The Labute approximate surface area is 80.0 Å². The average molecular weight is 181 g/mol. The van der Waals surface area contributed by atoms with E-state index in [2.05, 4.69) is 36.1 Å². The van der Waals surface area contributed by atoms with Crippen molar-refractivity contribution in [1.29, 1.82) is 0 Å². The number of nitrogens with zero attached hydrogens (tertiary/aromatic N) is 1. The molecular formula is C10H19N3. The van der Waals surface area contributed by atoms with Crippen LogP contribution in [0.3, 0.4) is 0 Å². The average Bonchev–Trinajstić information content (AvgIpc) is 2.67. The molecule has 0 aliphatic carbocycles. The van der Waals surface area contributed by atoms with Gasteiger partial charge < -0.3 is 10.3 Å². The van der Waals surface area contributed by atoms with Crippen LogP contribution in [0.2, 0.25) is 0 Å². The number of hydrogen-bond donors (Lipinski definition) is 2. The topological polar surface area (TPSA) is 40.7 Å². The summed E-state index contributed by atoms with van der Waals surface area (Å²) in [5, 5.41) is 3.45. The molecule has 0 bridgehead atoms. The predicted molar refractivity (Wildman–Crippen MR) is 55.8 cm³/mol. The van der Waals surface area contributed by atoms with Gasteiger partial charge in [-0.05, 0) is 19.3 Å². The van der Waals surface area contributed by atoms with Crippen molar-refractivity contribution in [2.75, 3.05) is 5.32 Å². The van der Waals surface area contributed by atoms with Gasteiger partial charge in [-0.1, -0.05) is 20.8 Å². The summed E-state index contributed by atoms with van der Waals surface area (Å²) in [6.07, 6.45) is 6.99. The van der Waals surface area contributed by atoms with E-state index in [1.54, 1.807) is 6.20 Å². The summed E-state index contributed by atoms with van der Waals surface area (Å²) in [5.41, 5.74) is 0.206. The molecule has 3 heteroatoms. The first kappa shape index (κ1) is 10.1. The van der Waals surface area contributed by atoms with Gasteiger partial charge in [0.25, 0.3) is 0 Å². The number of aromatic nitrogens is 2. The summed E-state index contributed by atoms with van der Waals surface area (Å²) >= 11 is 0. The zero-order chi connectivity index (χ0) is 9.73. The van der Waals surface area contributed by atoms with Gasteiger partial charge in [0.1, 0.15) is 0 Å². The normalized spacial score (nSPS) is 11.6. The molecule has 1 aromatic rings. The zero-order valence-electron chi connectivity index (χ0n) is 8.72. The second-order valence-electron chi connectivity index (χ2n) is 3.40. The van der Waals surface area contributed by atoms with Gasteiger partial charge in [0.05, 0.1) is 0 Å². The van der Waals surface area contributed by atoms with E-state index in [-0.39, 0.29) is 5.54 Å². The fourth-order valence-electron chi connectivity index (χ4n) is 1.60. The number of anilines is 1. The number of imidazole rings is 1. The van der Waals surface area contributed by atoms with Crippen molar-refractivity contribution >= 4 is 5.95 Å². The molecule has 74 valence electrons. The number of hydrogen-bond acceptors (Lipinski definition) is 2. The monoisotopic (exact) mass is 181 g/mol. The smallest absolute Gasteiger partial charge is 0.200 e. The Hall–Kier alpha value is -0.990. The predicted octanol–water partition coefficient (Wildman–Crippen LogP) is 2.79. The Morgan fingerprint density at radius 2 is 1.92 bits per heavy atom. The molecule has 0 unspecified atom stereocenters. The molecule has 0 aliphatic heterocycles. The summed E-state index contributed by atoms with van der Waals surface area (Å²) < 4.78 is 0. The quantitative estimate of drug-likeness (QED) is 0.733.